The third-order valence-corrected chi connectivity index (χ3v) is 12.9. The van der Waals surface area contributed by atoms with Gasteiger partial charge in [-0.15, -0.1) is 0 Å². The van der Waals surface area contributed by atoms with Crippen molar-refractivity contribution in [3.63, 3.8) is 0 Å². The van der Waals surface area contributed by atoms with Gasteiger partial charge in [0.1, 0.15) is 13.2 Å². The maximum atomic E-state index is 12.7. The Labute approximate surface area is 410 Å². The second-order valence-electron chi connectivity index (χ2n) is 19.6. The fraction of sp³-hybridized carbons (Fsp3) is 0.850. The van der Waals surface area contributed by atoms with Crippen molar-refractivity contribution < 1.29 is 28.6 Å². The third kappa shape index (κ3) is 52.6. The Morgan fingerprint density at radius 1 is 0.303 bits per heavy atom. The van der Waals surface area contributed by atoms with Gasteiger partial charge in [0.2, 0.25) is 0 Å². The summed E-state index contributed by atoms with van der Waals surface area (Å²) in [7, 11) is 0. The summed E-state index contributed by atoms with van der Waals surface area (Å²) in [6.07, 6.45) is 66.2. The van der Waals surface area contributed by atoms with Crippen LogP contribution in [0.15, 0.2) is 36.5 Å². The van der Waals surface area contributed by atoms with Crippen LogP contribution in [0.2, 0.25) is 0 Å². The molecule has 0 fully saturated rings. The predicted octanol–water partition coefficient (Wildman–Crippen LogP) is 19.3. The zero-order valence-corrected chi connectivity index (χ0v) is 44.2. The molecular formula is C60H110O6. The van der Waals surface area contributed by atoms with Gasteiger partial charge >= 0.3 is 17.9 Å². The Balaban J connectivity index is 3.93. The topological polar surface area (TPSA) is 78.9 Å². The molecule has 0 saturated heterocycles. The van der Waals surface area contributed by atoms with Gasteiger partial charge in [0, 0.05) is 19.3 Å². The van der Waals surface area contributed by atoms with Crippen molar-refractivity contribution in [1.82, 2.24) is 0 Å². The van der Waals surface area contributed by atoms with Crippen molar-refractivity contribution in [2.24, 2.45) is 0 Å². The van der Waals surface area contributed by atoms with Crippen LogP contribution in [0.1, 0.15) is 310 Å². The van der Waals surface area contributed by atoms with Crippen molar-refractivity contribution in [1.29, 1.82) is 0 Å². The fourth-order valence-electron chi connectivity index (χ4n) is 8.51. The maximum absolute atomic E-state index is 12.7. The van der Waals surface area contributed by atoms with E-state index in [1.54, 1.807) is 0 Å². The molecule has 1 atom stereocenters. The first kappa shape index (κ1) is 63.6. The fourth-order valence-corrected chi connectivity index (χ4v) is 8.51. The van der Waals surface area contributed by atoms with Gasteiger partial charge in [0.05, 0.1) is 0 Å². The Kier molecular flexibility index (Phi) is 53.2. The summed E-state index contributed by atoms with van der Waals surface area (Å²) in [6.45, 7) is 6.59. The van der Waals surface area contributed by atoms with Crippen molar-refractivity contribution in [3.8, 4) is 0 Å². The minimum Gasteiger partial charge on any atom is -0.462 e. The minimum atomic E-state index is -0.763. The van der Waals surface area contributed by atoms with Crippen molar-refractivity contribution in [2.75, 3.05) is 13.2 Å². The molecule has 0 bridgehead atoms. The van der Waals surface area contributed by atoms with Crippen LogP contribution in [-0.2, 0) is 28.6 Å². The summed E-state index contributed by atoms with van der Waals surface area (Å²) in [5.74, 6) is -0.865. The molecule has 66 heavy (non-hydrogen) atoms. The Morgan fingerprint density at radius 2 is 0.545 bits per heavy atom. The van der Waals surface area contributed by atoms with Crippen molar-refractivity contribution >= 4 is 17.9 Å². The number of hydrogen-bond donors (Lipinski definition) is 0. The van der Waals surface area contributed by atoms with Crippen LogP contribution in [0.3, 0.4) is 0 Å². The molecule has 0 amide bonds. The molecule has 0 aromatic heterocycles. The van der Waals surface area contributed by atoms with E-state index in [9.17, 15) is 14.4 Å². The smallest absolute Gasteiger partial charge is 0.306 e. The molecule has 0 N–H and O–H groups in total. The van der Waals surface area contributed by atoms with Crippen LogP contribution in [0.25, 0.3) is 0 Å². The molecule has 6 heteroatoms. The molecule has 0 heterocycles. The summed E-state index contributed by atoms with van der Waals surface area (Å²) in [5, 5.41) is 0. The van der Waals surface area contributed by atoms with Crippen LogP contribution in [-0.4, -0.2) is 37.2 Å². The van der Waals surface area contributed by atoms with E-state index in [-0.39, 0.29) is 31.1 Å². The van der Waals surface area contributed by atoms with Crippen molar-refractivity contribution in [3.05, 3.63) is 36.5 Å². The van der Waals surface area contributed by atoms with E-state index in [0.717, 1.165) is 70.6 Å². The average molecular weight is 928 g/mol. The molecule has 0 radical (unpaired) electrons. The molecule has 0 aliphatic rings. The van der Waals surface area contributed by atoms with E-state index in [1.807, 2.05) is 0 Å². The van der Waals surface area contributed by atoms with Gasteiger partial charge in [0.15, 0.2) is 6.10 Å². The largest absolute Gasteiger partial charge is 0.462 e. The Bertz CT molecular complexity index is 1110. The lowest BCUT2D eigenvalue weighted by atomic mass is 10.0. The number of ether oxygens (including phenoxy) is 3. The van der Waals surface area contributed by atoms with E-state index < -0.39 is 6.10 Å². The maximum Gasteiger partial charge on any atom is 0.306 e. The third-order valence-electron chi connectivity index (χ3n) is 12.9. The van der Waals surface area contributed by atoms with Crippen LogP contribution < -0.4 is 0 Å². The van der Waals surface area contributed by atoms with E-state index in [2.05, 4.69) is 57.2 Å². The monoisotopic (exact) mass is 927 g/mol. The summed E-state index contributed by atoms with van der Waals surface area (Å²) in [4.78, 5) is 37.7. The van der Waals surface area contributed by atoms with Crippen LogP contribution in [0.4, 0.5) is 0 Å². The molecule has 0 saturated carbocycles. The van der Waals surface area contributed by atoms with Gasteiger partial charge in [-0.3, -0.25) is 14.4 Å². The highest BCUT2D eigenvalue weighted by atomic mass is 16.6. The number of carbonyl (C=O) groups excluding carboxylic acids is 3. The zero-order chi connectivity index (χ0) is 47.9. The number of esters is 3. The van der Waals surface area contributed by atoms with Gasteiger partial charge in [-0.1, -0.05) is 269 Å². The number of allylic oxidation sites excluding steroid dienone is 6. The molecule has 0 spiro atoms. The van der Waals surface area contributed by atoms with Crippen LogP contribution in [0, 0.1) is 0 Å². The molecule has 0 aromatic carbocycles. The first-order valence-electron chi connectivity index (χ1n) is 29.0. The summed E-state index contributed by atoms with van der Waals surface area (Å²) >= 11 is 0. The Morgan fingerprint density at radius 3 is 0.848 bits per heavy atom. The second kappa shape index (κ2) is 55.2. The molecule has 6 nitrogen and oxygen atoms in total. The summed E-state index contributed by atoms with van der Waals surface area (Å²) in [6, 6.07) is 0. The highest BCUT2D eigenvalue weighted by Gasteiger charge is 2.19. The molecule has 386 valence electrons. The molecule has 0 aromatic rings. The SMILES string of the molecule is CCCCCCC/C=C\C/C=C\C/C=C\CCCCCCCCCCCCCCCCCCC(=O)OCC(COC(=O)CCCCCCCC)OC(=O)CCCCCCCCCCCCC. The van der Waals surface area contributed by atoms with Crippen LogP contribution >= 0.6 is 0 Å². The molecular weight excluding hydrogens is 817 g/mol. The number of rotatable bonds is 53. The summed E-state index contributed by atoms with van der Waals surface area (Å²) in [5.41, 5.74) is 0. The quantitative estimate of drug-likeness (QED) is 0.0262. The van der Waals surface area contributed by atoms with Gasteiger partial charge in [0.25, 0.3) is 0 Å². The van der Waals surface area contributed by atoms with E-state index >= 15 is 0 Å². The van der Waals surface area contributed by atoms with Crippen molar-refractivity contribution in [2.45, 2.75) is 316 Å². The standard InChI is InChI=1S/C60H110O6/c1-4-7-10-13-16-18-20-21-22-23-24-25-26-27-28-29-30-31-32-33-34-35-36-37-38-39-41-42-44-47-50-53-59(62)65-56-57(55-64-58(61)52-49-46-15-12-9-6-3)66-60(63)54-51-48-45-43-40-19-17-14-11-8-5-2/h20-21,23-24,26-27,57H,4-19,22,25,28-56H2,1-3H3/b21-20-,24-23-,27-26-. The molecule has 0 aliphatic carbocycles. The lowest BCUT2D eigenvalue weighted by Crippen LogP contribution is -2.30. The molecule has 0 aliphatic heterocycles. The first-order valence-corrected chi connectivity index (χ1v) is 29.0. The lowest BCUT2D eigenvalue weighted by molar-refractivity contribution is -0.167. The number of unbranched alkanes of at least 4 members (excludes halogenated alkanes) is 36. The van der Waals surface area contributed by atoms with E-state index in [0.29, 0.717) is 19.3 Å². The highest BCUT2D eigenvalue weighted by molar-refractivity contribution is 5.71. The van der Waals surface area contributed by atoms with E-state index in [1.165, 1.54) is 199 Å². The van der Waals surface area contributed by atoms with Gasteiger partial charge < -0.3 is 14.2 Å². The van der Waals surface area contributed by atoms with Gasteiger partial charge in [-0.25, -0.2) is 0 Å². The van der Waals surface area contributed by atoms with Crippen LogP contribution in [0.5, 0.6) is 0 Å². The molecule has 0 rings (SSSR count). The Hall–Kier alpha value is -2.37. The summed E-state index contributed by atoms with van der Waals surface area (Å²) < 4.78 is 16.7. The highest BCUT2D eigenvalue weighted by Crippen LogP contribution is 2.17. The second-order valence-corrected chi connectivity index (χ2v) is 19.6. The number of hydrogen-bond acceptors (Lipinski definition) is 6. The first-order chi connectivity index (χ1) is 32.5. The van der Waals surface area contributed by atoms with Gasteiger partial charge in [-0.2, -0.15) is 0 Å². The lowest BCUT2D eigenvalue weighted by Gasteiger charge is -2.18. The minimum absolute atomic E-state index is 0.0675. The zero-order valence-electron chi connectivity index (χ0n) is 44.2. The number of carbonyl (C=O) groups is 3. The van der Waals surface area contributed by atoms with Gasteiger partial charge in [-0.05, 0) is 57.8 Å². The normalized spacial score (nSPS) is 12.2. The molecule has 1 unspecified atom stereocenters. The van der Waals surface area contributed by atoms with E-state index in [4.69, 9.17) is 14.2 Å². The average Bonchev–Trinajstić information content (AvgIpc) is 3.31. The predicted molar refractivity (Wildman–Crippen MR) is 284 cm³/mol.